The topological polar surface area (TPSA) is 58.5 Å². The van der Waals surface area contributed by atoms with Gasteiger partial charge in [-0.2, -0.15) is 0 Å². The minimum atomic E-state index is 0. The zero-order valence-corrected chi connectivity index (χ0v) is 16.2. The Labute approximate surface area is 151 Å². The predicted octanol–water partition coefficient (Wildman–Crippen LogP) is 3.07. The summed E-state index contributed by atoms with van der Waals surface area (Å²) in [4.78, 5) is 8.64. The highest BCUT2D eigenvalue weighted by Crippen LogP contribution is 2.07. The van der Waals surface area contributed by atoms with Gasteiger partial charge < -0.3 is 15.4 Å². The average Bonchev–Trinajstić information content (AvgIpc) is 2.53. The first-order valence-corrected chi connectivity index (χ1v) is 7.85. The van der Waals surface area contributed by atoms with Gasteiger partial charge in [-0.25, -0.2) is 0 Å². The van der Waals surface area contributed by atoms with Crippen molar-refractivity contribution in [1.82, 2.24) is 15.6 Å². The minimum absolute atomic E-state index is 0. The molecule has 2 N–H and O–H groups in total. The van der Waals surface area contributed by atoms with E-state index >= 15 is 0 Å². The van der Waals surface area contributed by atoms with Gasteiger partial charge in [0.25, 0.3) is 0 Å². The van der Waals surface area contributed by atoms with Gasteiger partial charge in [0.1, 0.15) is 12.4 Å². The number of pyridine rings is 1. The van der Waals surface area contributed by atoms with Crippen molar-refractivity contribution in [2.75, 3.05) is 26.2 Å². The summed E-state index contributed by atoms with van der Waals surface area (Å²) in [6.45, 7) is 9.52. The maximum absolute atomic E-state index is 5.59. The number of ether oxygens (including phenoxy) is 1. The van der Waals surface area contributed by atoms with Crippen LogP contribution in [-0.4, -0.2) is 37.2 Å². The summed E-state index contributed by atoms with van der Waals surface area (Å²) in [7, 11) is 0. The Kier molecular flexibility index (Phi) is 13.0. The molecule has 0 saturated carbocycles. The van der Waals surface area contributed by atoms with Gasteiger partial charge in [0.15, 0.2) is 5.96 Å². The van der Waals surface area contributed by atoms with E-state index in [2.05, 4.69) is 41.4 Å². The van der Waals surface area contributed by atoms with Gasteiger partial charge >= 0.3 is 0 Å². The number of nitrogens with zero attached hydrogens (tertiary/aromatic N) is 2. The third-order valence-electron chi connectivity index (χ3n) is 3.30. The van der Waals surface area contributed by atoms with Gasteiger partial charge in [0.05, 0.1) is 12.7 Å². The fourth-order valence-electron chi connectivity index (χ4n) is 1.88. The lowest BCUT2D eigenvalue weighted by Crippen LogP contribution is -2.39. The normalized spacial score (nSPS) is 11.0. The van der Waals surface area contributed by atoms with Crippen LogP contribution in [-0.2, 0) is 0 Å². The number of guanidine groups is 1. The Hall–Kier alpha value is -1.05. The van der Waals surface area contributed by atoms with Crippen molar-refractivity contribution in [3.8, 4) is 5.75 Å². The van der Waals surface area contributed by atoms with Crippen LogP contribution in [0.2, 0.25) is 0 Å². The molecule has 1 heterocycles. The number of halogens is 1. The minimum Gasteiger partial charge on any atom is -0.490 e. The molecule has 0 saturated heterocycles. The Bertz CT molecular complexity index is 396. The largest absolute Gasteiger partial charge is 0.490 e. The van der Waals surface area contributed by atoms with Crippen LogP contribution in [0, 0.1) is 5.92 Å². The van der Waals surface area contributed by atoms with Crippen molar-refractivity contribution in [2.24, 2.45) is 10.9 Å². The predicted molar refractivity (Wildman–Crippen MR) is 103 cm³/mol. The van der Waals surface area contributed by atoms with Crippen LogP contribution in [0.15, 0.2) is 29.5 Å². The van der Waals surface area contributed by atoms with Crippen LogP contribution < -0.4 is 15.4 Å². The quantitative estimate of drug-likeness (QED) is 0.279. The summed E-state index contributed by atoms with van der Waals surface area (Å²) in [5.74, 6) is 2.31. The van der Waals surface area contributed by atoms with Crippen LogP contribution >= 0.6 is 24.0 Å². The molecule has 0 radical (unpaired) electrons. The molecule has 126 valence electrons. The van der Waals surface area contributed by atoms with E-state index in [1.807, 2.05) is 12.1 Å². The van der Waals surface area contributed by atoms with Gasteiger partial charge in [-0.05, 0) is 25.0 Å². The molecule has 0 aromatic carbocycles. The van der Waals surface area contributed by atoms with E-state index in [-0.39, 0.29) is 24.0 Å². The van der Waals surface area contributed by atoms with Crippen molar-refractivity contribution in [3.05, 3.63) is 24.5 Å². The van der Waals surface area contributed by atoms with Crippen molar-refractivity contribution < 1.29 is 4.74 Å². The standard InChI is InChI=1S/C16H28N4O.HI/c1-4-14(5-2)12-20-16(18-6-3)19-10-11-21-15-8-7-9-17-13-15;/h7-9,13-14H,4-6,10-12H2,1-3H3,(H2,18,19,20);1H. The molecular weight excluding hydrogens is 391 g/mol. The van der Waals surface area contributed by atoms with Crippen LogP contribution in [0.5, 0.6) is 5.75 Å². The van der Waals surface area contributed by atoms with Gasteiger partial charge in [-0.3, -0.25) is 9.98 Å². The van der Waals surface area contributed by atoms with Crippen molar-refractivity contribution in [1.29, 1.82) is 0 Å². The summed E-state index contributed by atoms with van der Waals surface area (Å²) in [5, 5.41) is 6.54. The van der Waals surface area contributed by atoms with Gasteiger partial charge in [-0.1, -0.05) is 26.7 Å². The smallest absolute Gasteiger partial charge is 0.191 e. The number of aliphatic imine (C=N–C) groups is 1. The monoisotopic (exact) mass is 420 g/mol. The zero-order valence-electron chi connectivity index (χ0n) is 13.8. The maximum atomic E-state index is 5.59. The fourth-order valence-corrected chi connectivity index (χ4v) is 1.88. The lowest BCUT2D eigenvalue weighted by atomic mass is 10.0. The number of hydrogen-bond acceptors (Lipinski definition) is 3. The molecule has 0 aliphatic rings. The first kappa shape index (κ1) is 20.9. The molecule has 0 unspecified atom stereocenters. The summed E-state index contributed by atoms with van der Waals surface area (Å²) < 4.78 is 5.59. The molecule has 0 spiro atoms. The maximum Gasteiger partial charge on any atom is 0.191 e. The van der Waals surface area contributed by atoms with Crippen LogP contribution in [0.25, 0.3) is 0 Å². The Morgan fingerprint density at radius 2 is 2.05 bits per heavy atom. The van der Waals surface area contributed by atoms with Crippen LogP contribution in [0.1, 0.15) is 33.6 Å². The van der Waals surface area contributed by atoms with Gasteiger partial charge in [0, 0.05) is 19.3 Å². The molecule has 22 heavy (non-hydrogen) atoms. The second-order valence-electron chi connectivity index (χ2n) is 4.87. The van der Waals surface area contributed by atoms with Crippen LogP contribution in [0.3, 0.4) is 0 Å². The van der Waals surface area contributed by atoms with Crippen molar-refractivity contribution in [2.45, 2.75) is 33.6 Å². The highest BCUT2D eigenvalue weighted by Gasteiger charge is 2.03. The van der Waals surface area contributed by atoms with Crippen molar-refractivity contribution >= 4 is 29.9 Å². The van der Waals surface area contributed by atoms with E-state index in [1.54, 1.807) is 12.4 Å². The molecule has 1 aromatic heterocycles. The van der Waals surface area contributed by atoms with Crippen molar-refractivity contribution in [3.63, 3.8) is 0 Å². The molecule has 1 rings (SSSR count). The summed E-state index contributed by atoms with van der Waals surface area (Å²) >= 11 is 0. The first-order chi connectivity index (χ1) is 10.3. The lowest BCUT2D eigenvalue weighted by Gasteiger charge is -2.14. The fraction of sp³-hybridized carbons (Fsp3) is 0.625. The average molecular weight is 420 g/mol. The lowest BCUT2D eigenvalue weighted by molar-refractivity contribution is 0.320. The third-order valence-corrected chi connectivity index (χ3v) is 3.30. The van der Waals surface area contributed by atoms with Crippen LogP contribution in [0.4, 0.5) is 0 Å². The number of hydrogen-bond donors (Lipinski definition) is 2. The third kappa shape index (κ3) is 9.07. The highest BCUT2D eigenvalue weighted by molar-refractivity contribution is 14.0. The molecule has 0 fully saturated rings. The highest BCUT2D eigenvalue weighted by atomic mass is 127. The van der Waals surface area contributed by atoms with E-state index in [4.69, 9.17) is 4.74 Å². The number of aromatic nitrogens is 1. The number of rotatable bonds is 9. The van der Waals surface area contributed by atoms with E-state index in [0.29, 0.717) is 19.1 Å². The summed E-state index contributed by atoms with van der Waals surface area (Å²) in [6.07, 6.45) is 5.79. The van der Waals surface area contributed by atoms with E-state index < -0.39 is 0 Å². The second kappa shape index (κ2) is 13.6. The molecule has 5 nitrogen and oxygen atoms in total. The molecular formula is C16H29IN4O. The Morgan fingerprint density at radius 1 is 1.27 bits per heavy atom. The SMILES string of the molecule is CCNC(=NCC(CC)CC)NCCOc1cccnc1.I. The van der Waals surface area contributed by atoms with Gasteiger partial charge in [0.2, 0.25) is 0 Å². The Morgan fingerprint density at radius 3 is 2.64 bits per heavy atom. The molecule has 0 atom stereocenters. The summed E-state index contributed by atoms with van der Waals surface area (Å²) in [5.41, 5.74) is 0. The molecule has 6 heteroatoms. The molecule has 1 aromatic rings. The first-order valence-electron chi connectivity index (χ1n) is 7.85. The van der Waals surface area contributed by atoms with E-state index in [9.17, 15) is 0 Å². The molecule has 0 bridgehead atoms. The second-order valence-corrected chi connectivity index (χ2v) is 4.87. The van der Waals surface area contributed by atoms with Gasteiger partial charge in [-0.15, -0.1) is 24.0 Å². The number of nitrogens with one attached hydrogen (secondary N) is 2. The molecule has 0 aliphatic heterocycles. The van der Waals surface area contributed by atoms with E-state index in [1.165, 1.54) is 12.8 Å². The van der Waals surface area contributed by atoms with E-state index in [0.717, 1.165) is 24.8 Å². The molecule has 0 amide bonds. The zero-order chi connectivity index (χ0) is 15.3. The Balaban J connectivity index is 0.00000441. The molecule has 0 aliphatic carbocycles. The summed E-state index contributed by atoms with van der Waals surface area (Å²) in [6, 6.07) is 3.77.